The van der Waals surface area contributed by atoms with Gasteiger partial charge >= 0.3 is 0 Å². The summed E-state index contributed by atoms with van der Waals surface area (Å²) in [5.74, 6) is 0. The zero-order valence-electron chi connectivity index (χ0n) is 12.8. The molecule has 0 radical (unpaired) electrons. The zero-order chi connectivity index (χ0) is 14.2. The van der Waals surface area contributed by atoms with Gasteiger partial charge < -0.3 is 4.43 Å². The van der Waals surface area contributed by atoms with Crippen molar-refractivity contribution >= 4 is 40.7 Å². The van der Waals surface area contributed by atoms with Crippen LogP contribution in [-0.2, 0) is 4.43 Å². The average molecular weight is 323 g/mol. The second kappa shape index (κ2) is 5.84. The third-order valence-electron chi connectivity index (χ3n) is 5.12. The molecule has 0 aliphatic carbocycles. The van der Waals surface area contributed by atoms with Gasteiger partial charge in [0.25, 0.3) is 0 Å². The van der Waals surface area contributed by atoms with Gasteiger partial charge in [-0.15, -0.1) is 0 Å². The Kier molecular flexibility index (Phi) is 5.56. The number of rotatable bonds is 4. The van der Waals surface area contributed by atoms with Crippen molar-refractivity contribution in [3.8, 4) is 0 Å². The zero-order valence-corrected chi connectivity index (χ0v) is 16.6. The van der Waals surface area contributed by atoms with Crippen LogP contribution in [0.1, 0.15) is 33.1 Å². The van der Waals surface area contributed by atoms with Gasteiger partial charge in [0.05, 0.1) is 13.2 Å². The summed E-state index contributed by atoms with van der Waals surface area (Å²) < 4.78 is 6.83. The molecule has 1 saturated heterocycles. The SMILES string of the molecule is CCC(S)C1(C(S)CC)CC[Si](C)(C)[Si](C)(C)O1. The topological polar surface area (TPSA) is 9.23 Å². The molecule has 2 atom stereocenters. The van der Waals surface area contributed by atoms with E-state index in [4.69, 9.17) is 29.7 Å². The molecule has 1 rings (SSSR count). The number of hydrogen-bond donors (Lipinski definition) is 2. The van der Waals surface area contributed by atoms with Crippen molar-refractivity contribution in [2.24, 2.45) is 0 Å². The monoisotopic (exact) mass is 322 g/mol. The van der Waals surface area contributed by atoms with Crippen LogP contribution in [-0.4, -0.2) is 31.5 Å². The van der Waals surface area contributed by atoms with E-state index >= 15 is 0 Å². The molecule has 0 saturated carbocycles. The molecule has 0 aromatic carbocycles. The Balaban J connectivity index is 3.09. The molecule has 1 heterocycles. The van der Waals surface area contributed by atoms with Gasteiger partial charge in [-0.05, 0) is 32.4 Å². The third-order valence-corrected chi connectivity index (χ3v) is 23.2. The molecule has 0 spiro atoms. The summed E-state index contributed by atoms with van der Waals surface area (Å²) in [6, 6.07) is 1.38. The molecule has 0 amide bonds. The lowest BCUT2D eigenvalue weighted by atomic mass is 9.89. The fourth-order valence-electron chi connectivity index (χ4n) is 2.86. The summed E-state index contributed by atoms with van der Waals surface area (Å²) >= 11 is 9.70. The van der Waals surface area contributed by atoms with Gasteiger partial charge in [-0.3, -0.25) is 0 Å². The van der Waals surface area contributed by atoms with Gasteiger partial charge in [0, 0.05) is 10.5 Å². The highest BCUT2D eigenvalue weighted by Crippen LogP contribution is 2.46. The first-order chi connectivity index (χ1) is 8.13. The summed E-state index contributed by atoms with van der Waals surface area (Å²) in [4.78, 5) is 0. The molecule has 0 aromatic heterocycles. The fourth-order valence-corrected chi connectivity index (χ4v) is 10.7. The van der Waals surface area contributed by atoms with Crippen LogP contribution in [0.15, 0.2) is 0 Å². The largest absolute Gasteiger partial charge is 0.412 e. The molecular weight excluding hydrogens is 292 g/mol. The Morgan fingerprint density at radius 2 is 1.50 bits per heavy atom. The molecule has 1 aliphatic rings. The van der Waals surface area contributed by atoms with Crippen LogP contribution < -0.4 is 0 Å². The lowest BCUT2D eigenvalue weighted by molar-refractivity contribution is 0.0470. The van der Waals surface area contributed by atoms with Crippen molar-refractivity contribution in [1.29, 1.82) is 0 Å². The minimum atomic E-state index is -1.57. The quantitative estimate of drug-likeness (QED) is 0.570. The minimum absolute atomic E-state index is 0.0893. The third kappa shape index (κ3) is 2.90. The van der Waals surface area contributed by atoms with E-state index in [2.05, 4.69) is 40.0 Å². The maximum absolute atomic E-state index is 6.83. The second-order valence-electron chi connectivity index (χ2n) is 6.80. The summed E-state index contributed by atoms with van der Waals surface area (Å²) in [5.41, 5.74) is -0.0893. The van der Waals surface area contributed by atoms with Gasteiger partial charge in [0.2, 0.25) is 0 Å². The Morgan fingerprint density at radius 1 is 1.06 bits per heavy atom. The highest BCUT2D eigenvalue weighted by Gasteiger charge is 2.56. The Bertz CT molecular complexity index is 285. The van der Waals surface area contributed by atoms with E-state index in [-0.39, 0.29) is 5.60 Å². The first-order valence-electron chi connectivity index (χ1n) is 7.19. The molecule has 5 heteroatoms. The lowest BCUT2D eigenvalue weighted by Crippen LogP contribution is -2.69. The summed E-state index contributed by atoms with van der Waals surface area (Å²) in [6.07, 6.45) is 3.28. The molecule has 1 aliphatic heterocycles. The smallest absolute Gasteiger partial charge is 0.174 e. The highest BCUT2D eigenvalue weighted by molar-refractivity contribution is 7.82. The molecule has 1 fully saturated rings. The average Bonchev–Trinajstić information content (AvgIpc) is 2.30. The Morgan fingerprint density at radius 3 is 1.83 bits per heavy atom. The highest BCUT2D eigenvalue weighted by atomic mass is 32.1. The lowest BCUT2D eigenvalue weighted by Gasteiger charge is -2.56. The molecule has 18 heavy (non-hydrogen) atoms. The molecule has 1 nitrogen and oxygen atoms in total. The molecule has 2 unspecified atom stereocenters. The van der Waals surface area contributed by atoms with Gasteiger partial charge in [-0.25, -0.2) is 0 Å². The van der Waals surface area contributed by atoms with Gasteiger partial charge in [0.15, 0.2) is 7.83 Å². The van der Waals surface area contributed by atoms with Gasteiger partial charge in [0.1, 0.15) is 0 Å². The fraction of sp³-hybridized carbons (Fsp3) is 1.00. The minimum Gasteiger partial charge on any atom is -0.412 e. The molecule has 0 N–H and O–H groups in total. The van der Waals surface area contributed by atoms with Crippen molar-refractivity contribution < 1.29 is 4.43 Å². The van der Waals surface area contributed by atoms with E-state index < -0.39 is 15.4 Å². The number of thiol groups is 2. The summed E-state index contributed by atoms with van der Waals surface area (Å²) in [5, 5.41) is 0.633. The van der Waals surface area contributed by atoms with Crippen LogP contribution in [0, 0.1) is 0 Å². The van der Waals surface area contributed by atoms with E-state index in [1.54, 1.807) is 0 Å². The van der Waals surface area contributed by atoms with Gasteiger partial charge in [-0.2, -0.15) is 25.3 Å². The van der Waals surface area contributed by atoms with Crippen molar-refractivity contribution in [1.82, 2.24) is 0 Å². The van der Waals surface area contributed by atoms with Crippen LogP contribution >= 0.6 is 25.3 Å². The van der Waals surface area contributed by atoms with Crippen LogP contribution in [0.5, 0.6) is 0 Å². The maximum Gasteiger partial charge on any atom is 0.174 e. The predicted molar refractivity (Wildman–Crippen MR) is 94.3 cm³/mol. The molecular formula is C13H30OS2Si2. The predicted octanol–water partition coefficient (Wildman–Crippen LogP) is 4.55. The summed E-state index contributed by atoms with van der Waals surface area (Å²) in [7, 11) is -2.75. The van der Waals surface area contributed by atoms with E-state index in [1.165, 1.54) is 6.04 Å². The standard InChI is InChI=1S/C13H30OS2Si2/c1-7-11(15)13(12(16)8-2)9-10-17(3,4)18(5,6)14-13/h11-12,15-16H,7-10H2,1-6H3. The second-order valence-corrected chi connectivity index (χ2v) is 23.2. The first-order valence-corrected chi connectivity index (χ1v) is 15.3. The van der Waals surface area contributed by atoms with Crippen LogP contribution in [0.3, 0.4) is 0 Å². The summed E-state index contributed by atoms with van der Waals surface area (Å²) in [6.45, 7) is 14.3. The van der Waals surface area contributed by atoms with Crippen molar-refractivity contribution in [3.63, 3.8) is 0 Å². The normalized spacial score (nSPS) is 34.0. The molecule has 0 aromatic rings. The number of hydrogen-bond acceptors (Lipinski definition) is 3. The van der Waals surface area contributed by atoms with E-state index in [0.29, 0.717) is 10.5 Å². The maximum atomic E-state index is 6.83. The van der Waals surface area contributed by atoms with E-state index in [1.807, 2.05) is 0 Å². The van der Waals surface area contributed by atoms with Gasteiger partial charge in [-0.1, -0.05) is 33.0 Å². The van der Waals surface area contributed by atoms with Crippen molar-refractivity contribution in [2.45, 2.75) is 81.4 Å². The Hall–Kier alpha value is 1.09. The van der Waals surface area contributed by atoms with Crippen LogP contribution in [0.4, 0.5) is 0 Å². The van der Waals surface area contributed by atoms with Crippen molar-refractivity contribution in [3.05, 3.63) is 0 Å². The first kappa shape index (κ1) is 17.1. The van der Waals surface area contributed by atoms with Crippen LogP contribution in [0.25, 0.3) is 0 Å². The van der Waals surface area contributed by atoms with E-state index in [9.17, 15) is 0 Å². The molecule has 108 valence electrons. The molecule has 0 bridgehead atoms. The van der Waals surface area contributed by atoms with Crippen LogP contribution in [0.2, 0.25) is 32.2 Å². The Labute approximate surface area is 126 Å². The van der Waals surface area contributed by atoms with E-state index in [0.717, 1.165) is 19.3 Å². The van der Waals surface area contributed by atoms with Crippen molar-refractivity contribution in [2.75, 3.05) is 0 Å².